The van der Waals surface area contributed by atoms with Gasteiger partial charge in [-0.05, 0) is 37.0 Å². The van der Waals surface area contributed by atoms with E-state index in [1.807, 2.05) is 0 Å². The smallest absolute Gasteiger partial charge is 0.270 e. The molecule has 1 aromatic carbocycles. The van der Waals surface area contributed by atoms with Crippen LogP contribution in [0.25, 0.3) is 10.1 Å². The zero-order chi connectivity index (χ0) is 17.6. The number of carbonyl (C=O) groups is 1. The van der Waals surface area contributed by atoms with Crippen LogP contribution >= 0.6 is 22.7 Å². The maximum atomic E-state index is 12.6. The van der Waals surface area contributed by atoms with Gasteiger partial charge in [0.2, 0.25) is 0 Å². The largest absolute Gasteiger partial charge is 0.312 e. The highest BCUT2D eigenvalue weighted by molar-refractivity contribution is 7.21. The number of fused-ring (bicyclic) bond motifs is 2. The highest BCUT2D eigenvalue weighted by Crippen LogP contribution is 2.39. The van der Waals surface area contributed by atoms with Crippen molar-refractivity contribution < 1.29 is 9.72 Å². The third-order valence-electron chi connectivity index (χ3n) is 4.19. The van der Waals surface area contributed by atoms with Crippen molar-refractivity contribution in [1.29, 1.82) is 5.26 Å². The van der Waals surface area contributed by atoms with E-state index in [-0.39, 0.29) is 11.6 Å². The number of hydrogen-bond donors (Lipinski definition) is 1. The van der Waals surface area contributed by atoms with Gasteiger partial charge in [-0.1, -0.05) is 0 Å². The highest BCUT2D eigenvalue weighted by Gasteiger charge is 2.24. The average Bonchev–Trinajstić information content (AvgIpc) is 3.27. The number of nitro benzene ring substituents is 1. The molecule has 0 saturated heterocycles. The number of amides is 1. The number of rotatable bonds is 3. The lowest BCUT2D eigenvalue weighted by Crippen LogP contribution is -2.10. The molecule has 124 valence electrons. The van der Waals surface area contributed by atoms with Crippen LogP contribution in [-0.2, 0) is 12.8 Å². The van der Waals surface area contributed by atoms with Crippen LogP contribution in [0.15, 0.2) is 24.3 Å². The Bertz CT molecular complexity index is 1070. The molecule has 3 aromatic rings. The topological polar surface area (TPSA) is 96.0 Å². The molecule has 8 heteroatoms. The van der Waals surface area contributed by atoms with Gasteiger partial charge in [0.25, 0.3) is 11.6 Å². The van der Waals surface area contributed by atoms with Gasteiger partial charge >= 0.3 is 0 Å². The van der Waals surface area contributed by atoms with Crippen LogP contribution in [0.4, 0.5) is 10.7 Å². The van der Waals surface area contributed by atoms with Crippen molar-refractivity contribution in [2.75, 3.05) is 5.32 Å². The minimum Gasteiger partial charge on any atom is -0.312 e. The molecule has 25 heavy (non-hydrogen) atoms. The third kappa shape index (κ3) is 2.67. The predicted octanol–water partition coefficient (Wildman–Crippen LogP) is 4.48. The summed E-state index contributed by atoms with van der Waals surface area (Å²) in [6.07, 6.45) is 2.90. The van der Waals surface area contributed by atoms with Crippen LogP contribution in [-0.4, -0.2) is 10.8 Å². The summed E-state index contributed by atoms with van der Waals surface area (Å²) in [4.78, 5) is 24.6. The van der Waals surface area contributed by atoms with Crippen molar-refractivity contribution in [3.05, 3.63) is 55.3 Å². The second-order valence-corrected chi connectivity index (χ2v) is 7.91. The Balaban J connectivity index is 1.65. The van der Waals surface area contributed by atoms with E-state index in [1.54, 1.807) is 12.1 Å². The van der Waals surface area contributed by atoms with Gasteiger partial charge < -0.3 is 5.32 Å². The summed E-state index contributed by atoms with van der Waals surface area (Å²) in [6, 6.07) is 8.39. The second kappa shape index (κ2) is 5.95. The van der Waals surface area contributed by atoms with Crippen molar-refractivity contribution in [3.63, 3.8) is 0 Å². The Morgan fingerprint density at radius 1 is 1.28 bits per heavy atom. The number of anilines is 1. The van der Waals surface area contributed by atoms with Gasteiger partial charge in [-0.2, -0.15) is 5.26 Å². The molecule has 0 radical (unpaired) electrons. The molecule has 0 saturated carbocycles. The van der Waals surface area contributed by atoms with Crippen molar-refractivity contribution in [2.45, 2.75) is 19.3 Å². The third-order valence-corrected chi connectivity index (χ3v) is 6.52. The molecule has 6 nitrogen and oxygen atoms in total. The molecule has 4 rings (SSSR count). The van der Waals surface area contributed by atoms with Crippen LogP contribution in [0.2, 0.25) is 0 Å². The lowest BCUT2D eigenvalue weighted by atomic mass is 10.1. The lowest BCUT2D eigenvalue weighted by molar-refractivity contribution is -0.384. The molecule has 0 bridgehead atoms. The minimum atomic E-state index is -0.455. The van der Waals surface area contributed by atoms with E-state index in [2.05, 4.69) is 11.4 Å². The normalized spacial score (nSPS) is 12.8. The second-order valence-electron chi connectivity index (χ2n) is 5.72. The van der Waals surface area contributed by atoms with Gasteiger partial charge in [-0.25, -0.2) is 0 Å². The SMILES string of the molecule is N#Cc1c(NC(=O)c2cc3cc([N+](=O)[O-])ccc3s2)sc2c1CCC2. The fourth-order valence-corrected chi connectivity index (χ4v) is 5.20. The van der Waals surface area contributed by atoms with Gasteiger partial charge in [0.05, 0.1) is 15.4 Å². The summed E-state index contributed by atoms with van der Waals surface area (Å²) in [7, 11) is 0. The number of non-ortho nitro benzene ring substituents is 1. The first-order valence-electron chi connectivity index (χ1n) is 7.61. The van der Waals surface area contributed by atoms with E-state index in [0.717, 1.165) is 29.5 Å². The molecule has 0 aliphatic heterocycles. The molecule has 0 fully saturated rings. The summed E-state index contributed by atoms with van der Waals surface area (Å²) in [6.45, 7) is 0. The zero-order valence-electron chi connectivity index (χ0n) is 12.9. The van der Waals surface area contributed by atoms with E-state index < -0.39 is 4.92 Å². The number of benzene rings is 1. The first-order valence-corrected chi connectivity index (χ1v) is 9.24. The number of nitrogens with one attached hydrogen (secondary N) is 1. The number of carbonyl (C=O) groups excluding carboxylic acids is 1. The first kappa shape index (κ1) is 15.7. The monoisotopic (exact) mass is 369 g/mol. The molecule has 1 N–H and O–H groups in total. The van der Waals surface area contributed by atoms with Crippen molar-refractivity contribution in [3.8, 4) is 6.07 Å². The maximum Gasteiger partial charge on any atom is 0.270 e. The van der Waals surface area contributed by atoms with Crippen molar-refractivity contribution >= 4 is 49.4 Å². The number of aryl methyl sites for hydroxylation is 1. The van der Waals surface area contributed by atoms with E-state index >= 15 is 0 Å². The number of nitrogens with zero attached hydrogens (tertiary/aromatic N) is 2. The summed E-state index contributed by atoms with van der Waals surface area (Å²) in [5.41, 5.74) is 1.64. The Morgan fingerprint density at radius 3 is 2.88 bits per heavy atom. The number of nitro groups is 1. The standard InChI is InChI=1S/C17H11N3O3S2/c18-8-12-11-2-1-3-14(11)25-17(12)19-16(21)15-7-9-6-10(20(22)23)4-5-13(9)24-15/h4-7H,1-3H2,(H,19,21). The van der Waals surface area contributed by atoms with Crippen LogP contribution < -0.4 is 5.32 Å². The van der Waals surface area contributed by atoms with Crippen LogP contribution in [0.5, 0.6) is 0 Å². The molecule has 1 aliphatic carbocycles. The van der Waals surface area contributed by atoms with E-state index in [1.165, 1.54) is 39.7 Å². The molecule has 2 aromatic heterocycles. The van der Waals surface area contributed by atoms with E-state index in [9.17, 15) is 20.2 Å². The summed E-state index contributed by atoms with van der Waals surface area (Å²) in [5.74, 6) is -0.291. The Kier molecular flexibility index (Phi) is 3.75. The highest BCUT2D eigenvalue weighted by atomic mass is 32.1. The van der Waals surface area contributed by atoms with Crippen LogP contribution in [0.1, 0.15) is 32.1 Å². The molecule has 2 heterocycles. The number of hydrogen-bond acceptors (Lipinski definition) is 6. The van der Waals surface area contributed by atoms with Gasteiger partial charge in [0.15, 0.2) is 0 Å². The molecular formula is C17H11N3O3S2. The van der Waals surface area contributed by atoms with E-state index in [0.29, 0.717) is 20.8 Å². The van der Waals surface area contributed by atoms with E-state index in [4.69, 9.17) is 0 Å². The van der Waals surface area contributed by atoms with Gasteiger partial charge in [-0.3, -0.25) is 14.9 Å². The number of thiophene rings is 2. The fourth-order valence-electron chi connectivity index (χ4n) is 3.03. The maximum absolute atomic E-state index is 12.6. The van der Waals surface area contributed by atoms with Gasteiger partial charge in [0, 0.05) is 27.1 Å². The Labute approximate surface area is 150 Å². The first-order chi connectivity index (χ1) is 12.1. The lowest BCUT2D eigenvalue weighted by Gasteiger charge is -2.01. The molecule has 0 atom stereocenters. The van der Waals surface area contributed by atoms with Crippen molar-refractivity contribution in [1.82, 2.24) is 0 Å². The summed E-state index contributed by atoms with van der Waals surface area (Å²) < 4.78 is 0.810. The molecule has 1 amide bonds. The summed E-state index contributed by atoms with van der Waals surface area (Å²) >= 11 is 2.75. The molecule has 1 aliphatic rings. The molecule has 0 unspecified atom stereocenters. The molecular weight excluding hydrogens is 358 g/mol. The zero-order valence-corrected chi connectivity index (χ0v) is 14.5. The Hall–Kier alpha value is -2.76. The van der Waals surface area contributed by atoms with Crippen LogP contribution in [0.3, 0.4) is 0 Å². The Morgan fingerprint density at radius 2 is 2.12 bits per heavy atom. The van der Waals surface area contributed by atoms with Gasteiger partial charge in [-0.15, -0.1) is 22.7 Å². The van der Waals surface area contributed by atoms with Gasteiger partial charge in [0.1, 0.15) is 11.1 Å². The minimum absolute atomic E-state index is 0.00120. The van der Waals surface area contributed by atoms with Crippen molar-refractivity contribution in [2.24, 2.45) is 0 Å². The van der Waals surface area contributed by atoms with Crippen LogP contribution in [0, 0.1) is 21.4 Å². The summed E-state index contributed by atoms with van der Waals surface area (Å²) in [5, 5.41) is 24.4. The number of nitriles is 1. The predicted molar refractivity (Wildman–Crippen MR) is 97.5 cm³/mol. The molecule has 0 spiro atoms. The quantitative estimate of drug-likeness (QED) is 0.543. The average molecular weight is 369 g/mol. The fraction of sp³-hybridized carbons (Fsp3) is 0.176.